The average molecular weight is 267 g/mol. The maximum absolute atomic E-state index is 6.24. The van der Waals surface area contributed by atoms with Gasteiger partial charge < -0.3 is 11.1 Å². The highest BCUT2D eigenvalue weighted by Gasteiger charge is 2.39. The summed E-state index contributed by atoms with van der Waals surface area (Å²) in [5.74, 6) is 1.37. The Morgan fingerprint density at radius 3 is 2.72 bits per heavy atom. The molecule has 2 nitrogen and oxygen atoms in total. The lowest BCUT2D eigenvalue weighted by molar-refractivity contribution is 0.189. The average Bonchev–Trinajstić information content (AvgIpc) is 2.36. The predicted octanol–water partition coefficient (Wildman–Crippen LogP) is 3.91. The zero-order chi connectivity index (χ0) is 13.2. The molecular weight excluding hydrogens is 244 g/mol. The van der Waals surface area contributed by atoms with Crippen molar-refractivity contribution in [2.45, 2.75) is 38.6 Å². The zero-order valence-corrected chi connectivity index (χ0v) is 12.0. The summed E-state index contributed by atoms with van der Waals surface area (Å²) in [5.41, 5.74) is 7.07. The van der Waals surface area contributed by atoms with Crippen molar-refractivity contribution in [1.29, 1.82) is 0 Å². The van der Waals surface area contributed by atoms with E-state index in [4.69, 9.17) is 17.3 Å². The van der Waals surface area contributed by atoms with E-state index in [2.05, 4.69) is 19.2 Å². The fraction of sp³-hybridized carbons (Fsp3) is 0.600. The minimum atomic E-state index is -0.00248. The standard InChI is InChI=1S/C15H23ClN2/c1-11-7-8-15(10-17,12(2)9-11)18-14-6-4-3-5-13(14)16/h3-6,11-12,18H,7-10,17H2,1-2H3. The van der Waals surface area contributed by atoms with Crippen molar-refractivity contribution in [3.8, 4) is 0 Å². The van der Waals surface area contributed by atoms with E-state index in [0.29, 0.717) is 12.5 Å². The van der Waals surface area contributed by atoms with Crippen molar-refractivity contribution in [2.75, 3.05) is 11.9 Å². The van der Waals surface area contributed by atoms with Crippen LogP contribution in [-0.2, 0) is 0 Å². The van der Waals surface area contributed by atoms with Crippen LogP contribution in [0.5, 0.6) is 0 Å². The Bertz CT molecular complexity index is 407. The number of hydrogen-bond acceptors (Lipinski definition) is 2. The predicted molar refractivity (Wildman–Crippen MR) is 79.0 cm³/mol. The molecule has 18 heavy (non-hydrogen) atoms. The van der Waals surface area contributed by atoms with Gasteiger partial charge >= 0.3 is 0 Å². The summed E-state index contributed by atoms with van der Waals surface area (Å²) in [6, 6.07) is 7.91. The van der Waals surface area contributed by atoms with Gasteiger partial charge in [0.15, 0.2) is 0 Å². The largest absolute Gasteiger partial charge is 0.377 e. The van der Waals surface area contributed by atoms with Crippen LogP contribution in [0.15, 0.2) is 24.3 Å². The first-order chi connectivity index (χ1) is 8.57. The van der Waals surface area contributed by atoms with Gasteiger partial charge in [0.25, 0.3) is 0 Å². The van der Waals surface area contributed by atoms with Gasteiger partial charge in [-0.05, 0) is 43.2 Å². The van der Waals surface area contributed by atoms with Crippen LogP contribution in [0, 0.1) is 11.8 Å². The quantitative estimate of drug-likeness (QED) is 0.871. The van der Waals surface area contributed by atoms with Gasteiger partial charge in [-0.15, -0.1) is 0 Å². The van der Waals surface area contributed by atoms with Crippen molar-refractivity contribution in [3.63, 3.8) is 0 Å². The second-order valence-corrected chi connectivity index (χ2v) is 6.15. The molecule has 0 radical (unpaired) electrons. The molecule has 100 valence electrons. The van der Waals surface area contributed by atoms with Gasteiger partial charge in [0.1, 0.15) is 0 Å². The molecule has 3 heteroatoms. The van der Waals surface area contributed by atoms with Gasteiger partial charge in [-0.2, -0.15) is 0 Å². The molecule has 0 bridgehead atoms. The SMILES string of the molecule is CC1CCC(CN)(Nc2ccccc2Cl)C(C)C1. The summed E-state index contributed by atoms with van der Waals surface area (Å²) in [7, 11) is 0. The van der Waals surface area contributed by atoms with E-state index in [1.54, 1.807) is 0 Å². The van der Waals surface area contributed by atoms with Crippen molar-refractivity contribution in [3.05, 3.63) is 29.3 Å². The van der Waals surface area contributed by atoms with Crippen LogP contribution < -0.4 is 11.1 Å². The van der Waals surface area contributed by atoms with Crippen molar-refractivity contribution >= 4 is 17.3 Å². The second-order valence-electron chi connectivity index (χ2n) is 5.75. The highest BCUT2D eigenvalue weighted by molar-refractivity contribution is 6.33. The fourth-order valence-electron chi connectivity index (χ4n) is 3.07. The minimum absolute atomic E-state index is 0.00248. The van der Waals surface area contributed by atoms with Gasteiger partial charge in [-0.3, -0.25) is 0 Å². The molecule has 0 amide bonds. The number of para-hydroxylation sites is 1. The molecule has 3 atom stereocenters. The molecule has 0 aliphatic heterocycles. The zero-order valence-electron chi connectivity index (χ0n) is 11.2. The van der Waals surface area contributed by atoms with Crippen molar-refractivity contribution in [1.82, 2.24) is 0 Å². The monoisotopic (exact) mass is 266 g/mol. The number of nitrogens with one attached hydrogen (secondary N) is 1. The minimum Gasteiger partial charge on any atom is -0.377 e. The fourth-order valence-corrected chi connectivity index (χ4v) is 3.25. The molecule has 0 spiro atoms. The molecule has 0 heterocycles. The molecular formula is C15H23ClN2. The number of anilines is 1. The lowest BCUT2D eigenvalue weighted by Crippen LogP contribution is -2.53. The van der Waals surface area contributed by atoms with Crippen LogP contribution in [0.4, 0.5) is 5.69 Å². The van der Waals surface area contributed by atoms with Gasteiger partial charge in [0.05, 0.1) is 16.2 Å². The summed E-state index contributed by atoms with van der Waals surface area (Å²) < 4.78 is 0. The number of hydrogen-bond donors (Lipinski definition) is 2. The third kappa shape index (κ3) is 2.65. The Morgan fingerprint density at radius 2 is 2.11 bits per heavy atom. The van der Waals surface area contributed by atoms with Crippen LogP contribution in [-0.4, -0.2) is 12.1 Å². The molecule has 3 unspecified atom stereocenters. The van der Waals surface area contributed by atoms with E-state index < -0.39 is 0 Å². The lowest BCUT2D eigenvalue weighted by atomic mass is 9.70. The first kappa shape index (κ1) is 13.7. The molecule has 1 aliphatic rings. The Labute approximate surface area is 115 Å². The van der Waals surface area contributed by atoms with Crippen molar-refractivity contribution in [2.24, 2.45) is 17.6 Å². The number of rotatable bonds is 3. The van der Waals surface area contributed by atoms with Gasteiger partial charge in [0.2, 0.25) is 0 Å². The molecule has 1 aromatic rings. The Hall–Kier alpha value is -0.730. The highest BCUT2D eigenvalue weighted by atomic mass is 35.5. The Balaban J connectivity index is 2.21. The molecule has 0 saturated heterocycles. The third-order valence-corrected chi connectivity index (χ3v) is 4.73. The molecule has 2 rings (SSSR count). The number of halogens is 1. The number of benzene rings is 1. The van der Waals surface area contributed by atoms with Crippen LogP contribution in [0.2, 0.25) is 5.02 Å². The summed E-state index contributed by atoms with van der Waals surface area (Å²) in [6.07, 6.45) is 3.59. The summed E-state index contributed by atoms with van der Waals surface area (Å²) >= 11 is 6.24. The molecule has 1 aromatic carbocycles. The molecule has 1 fully saturated rings. The van der Waals surface area contributed by atoms with Crippen LogP contribution in [0.25, 0.3) is 0 Å². The van der Waals surface area contributed by atoms with E-state index in [0.717, 1.165) is 23.0 Å². The first-order valence-electron chi connectivity index (χ1n) is 6.80. The summed E-state index contributed by atoms with van der Waals surface area (Å²) in [4.78, 5) is 0. The van der Waals surface area contributed by atoms with Crippen LogP contribution in [0.1, 0.15) is 33.1 Å². The number of nitrogens with two attached hydrogens (primary N) is 1. The van der Waals surface area contributed by atoms with E-state index in [1.165, 1.54) is 12.8 Å². The molecule has 0 aromatic heterocycles. The van der Waals surface area contributed by atoms with E-state index in [1.807, 2.05) is 24.3 Å². The van der Waals surface area contributed by atoms with Gasteiger partial charge in [-0.1, -0.05) is 37.6 Å². The smallest absolute Gasteiger partial charge is 0.0637 e. The normalized spacial score (nSPS) is 32.2. The molecule has 1 aliphatic carbocycles. The Morgan fingerprint density at radius 1 is 1.39 bits per heavy atom. The van der Waals surface area contributed by atoms with Crippen molar-refractivity contribution < 1.29 is 0 Å². The lowest BCUT2D eigenvalue weighted by Gasteiger charge is -2.45. The summed E-state index contributed by atoms with van der Waals surface area (Å²) in [6.45, 7) is 5.28. The summed E-state index contributed by atoms with van der Waals surface area (Å²) in [5, 5.41) is 4.40. The molecule has 3 N–H and O–H groups in total. The van der Waals surface area contributed by atoms with Crippen LogP contribution in [0.3, 0.4) is 0 Å². The van der Waals surface area contributed by atoms with Gasteiger partial charge in [0, 0.05) is 6.54 Å². The molecule has 1 saturated carbocycles. The topological polar surface area (TPSA) is 38.0 Å². The van der Waals surface area contributed by atoms with E-state index >= 15 is 0 Å². The maximum Gasteiger partial charge on any atom is 0.0637 e. The Kier molecular flexibility index (Phi) is 4.18. The first-order valence-corrected chi connectivity index (χ1v) is 7.18. The van der Waals surface area contributed by atoms with E-state index in [9.17, 15) is 0 Å². The second kappa shape index (κ2) is 5.50. The van der Waals surface area contributed by atoms with E-state index in [-0.39, 0.29) is 5.54 Å². The highest BCUT2D eigenvalue weighted by Crippen LogP contribution is 2.39. The van der Waals surface area contributed by atoms with Crippen LogP contribution >= 0.6 is 11.6 Å². The third-order valence-electron chi connectivity index (χ3n) is 4.40. The van der Waals surface area contributed by atoms with Gasteiger partial charge in [-0.25, -0.2) is 0 Å². The maximum atomic E-state index is 6.24.